The monoisotopic (exact) mass is 520 g/mol. The van der Waals surface area contributed by atoms with Gasteiger partial charge in [0.05, 0.1) is 24.8 Å². The molecule has 192 valence electrons. The van der Waals surface area contributed by atoms with Crippen LogP contribution in [0.5, 0.6) is 11.5 Å². The highest BCUT2D eigenvalue weighted by Crippen LogP contribution is 2.35. The number of imidazole rings is 1. The van der Waals surface area contributed by atoms with E-state index in [4.69, 9.17) is 9.47 Å². The molecule has 0 radical (unpaired) electrons. The van der Waals surface area contributed by atoms with Gasteiger partial charge >= 0.3 is 0 Å². The highest BCUT2D eigenvalue weighted by molar-refractivity contribution is 7.92. The van der Waals surface area contributed by atoms with Crippen LogP contribution >= 0.6 is 0 Å². The molecule has 3 aromatic carbocycles. The molecular weight excluding hydrogens is 492 g/mol. The standard InChI is InChI=1S/C27H28N4O5S/c1-20-28-15-16-30(20)22-11-9-21(10-12-22)18-29-27(32)19-31(37(33,34)24-7-5-4-6-8-24)25-17-23(35-2)13-14-26(25)36-3/h4-17H,18-19H2,1-3H3,(H,29,32). The number of aromatic nitrogens is 2. The molecule has 10 heteroatoms. The van der Waals surface area contributed by atoms with Gasteiger partial charge in [-0.3, -0.25) is 9.10 Å². The third kappa shape index (κ3) is 5.75. The second-order valence-corrected chi connectivity index (χ2v) is 10.0. The third-order valence-electron chi connectivity index (χ3n) is 5.80. The van der Waals surface area contributed by atoms with Crippen molar-refractivity contribution < 1.29 is 22.7 Å². The molecule has 9 nitrogen and oxygen atoms in total. The van der Waals surface area contributed by atoms with Crippen molar-refractivity contribution in [3.8, 4) is 17.2 Å². The largest absolute Gasteiger partial charge is 0.497 e. The Labute approximate surface area is 216 Å². The van der Waals surface area contributed by atoms with Crippen LogP contribution in [0.25, 0.3) is 5.69 Å². The van der Waals surface area contributed by atoms with E-state index in [9.17, 15) is 13.2 Å². The van der Waals surface area contributed by atoms with Crippen molar-refractivity contribution in [2.45, 2.75) is 18.4 Å². The number of carbonyl (C=O) groups excluding carboxylic acids is 1. The Hall–Kier alpha value is -4.31. The van der Waals surface area contributed by atoms with Gasteiger partial charge in [-0.05, 0) is 48.9 Å². The number of sulfonamides is 1. The van der Waals surface area contributed by atoms with Crippen molar-refractivity contribution >= 4 is 21.6 Å². The number of hydrogen-bond donors (Lipinski definition) is 1. The fourth-order valence-electron chi connectivity index (χ4n) is 3.82. The molecule has 1 heterocycles. The van der Waals surface area contributed by atoms with Crippen molar-refractivity contribution in [3.05, 3.63) is 96.6 Å². The van der Waals surface area contributed by atoms with Crippen molar-refractivity contribution in [1.29, 1.82) is 0 Å². The first-order chi connectivity index (χ1) is 17.8. The lowest BCUT2D eigenvalue weighted by Crippen LogP contribution is -2.40. The van der Waals surface area contributed by atoms with Crippen LogP contribution in [-0.4, -0.2) is 44.6 Å². The van der Waals surface area contributed by atoms with Gasteiger partial charge in [-0.1, -0.05) is 30.3 Å². The predicted molar refractivity (Wildman–Crippen MR) is 141 cm³/mol. The molecule has 1 amide bonds. The Kier molecular flexibility index (Phi) is 7.78. The topological polar surface area (TPSA) is 103 Å². The minimum atomic E-state index is -4.10. The lowest BCUT2D eigenvalue weighted by atomic mass is 10.2. The van der Waals surface area contributed by atoms with Gasteiger partial charge in [0.15, 0.2) is 0 Å². The van der Waals surface area contributed by atoms with E-state index < -0.39 is 22.5 Å². The number of aryl methyl sites for hydroxylation is 1. The van der Waals surface area contributed by atoms with Crippen LogP contribution in [-0.2, 0) is 21.4 Å². The summed E-state index contributed by atoms with van der Waals surface area (Å²) < 4.78 is 41.0. The normalized spacial score (nSPS) is 11.1. The summed E-state index contributed by atoms with van der Waals surface area (Å²) in [5.41, 5.74) is 2.02. The lowest BCUT2D eigenvalue weighted by molar-refractivity contribution is -0.119. The molecule has 0 saturated carbocycles. The first kappa shape index (κ1) is 25.8. The van der Waals surface area contributed by atoms with Crippen LogP contribution in [0, 0.1) is 6.92 Å². The quantitative estimate of drug-likeness (QED) is 0.342. The van der Waals surface area contributed by atoms with Gasteiger partial charge in [-0.25, -0.2) is 13.4 Å². The van der Waals surface area contributed by atoms with Crippen LogP contribution in [0.3, 0.4) is 0 Å². The fraction of sp³-hybridized carbons (Fsp3) is 0.185. The second-order valence-electron chi connectivity index (χ2n) is 8.15. The predicted octanol–water partition coefficient (Wildman–Crippen LogP) is 3.71. The summed E-state index contributed by atoms with van der Waals surface area (Å²) in [7, 11) is -1.18. The third-order valence-corrected chi connectivity index (χ3v) is 7.58. The number of nitrogens with one attached hydrogen (secondary N) is 1. The summed E-state index contributed by atoms with van der Waals surface area (Å²) >= 11 is 0. The van der Waals surface area contributed by atoms with Gasteiger partial charge in [-0.15, -0.1) is 0 Å². The van der Waals surface area contributed by atoms with E-state index in [0.29, 0.717) is 11.5 Å². The lowest BCUT2D eigenvalue weighted by Gasteiger charge is -2.26. The summed E-state index contributed by atoms with van der Waals surface area (Å²) in [5.74, 6) is 1.11. The summed E-state index contributed by atoms with van der Waals surface area (Å²) in [6.45, 7) is 1.70. The number of hydrogen-bond acceptors (Lipinski definition) is 6. The average Bonchev–Trinajstić information content (AvgIpc) is 3.36. The van der Waals surface area contributed by atoms with E-state index in [0.717, 1.165) is 21.4 Å². The zero-order valence-electron chi connectivity index (χ0n) is 20.8. The number of benzene rings is 3. The number of methoxy groups -OCH3 is 2. The zero-order valence-corrected chi connectivity index (χ0v) is 21.6. The maximum absolute atomic E-state index is 13.6. The van der Waals surface area contributed by atoms with Crippen LogP contribution in [0.15, 0.2) is 90.1 Å². The molecular formula is C27H28N4O5S. The first-order valence-electron chi connectivity index (χ1n) is 11.5. The van der Waals surface area contributed by atoms with E-state index in [1.807, 2.05) is 42.0 Å². The number of nitrogens with zero attached hydrogens (tertiary/aromatic N) is 3. The number of amides is 1. The average molecular weight is 521 g/mol. The van der Waals surface area contributed by atoms with E-state index >= 15 is 0 Å². The van der Waals surface area contributed by atoms with Gasteiger partial charge in [0.1, 0.15) is 23.9 Å². The van der Waals surface area contributed by atoms with Crippen LogP contribution in [0.1, 0.15) is 11.4 Å². The highest BCUT2D eigenvalue weighted by Gasteiger charge is 2.29. The Morgan fingerprint density at radius 1 is 1.00 bits per heavy atom. The Balaban J connectivity index is 1.56. The van der Waals surface area contributed by atoms with Gasteiger partial charge in [-0.2, -0.15) is 0 Å². The number of anilines is 1. The molecule has 0 spiro atoms. The fourth-order valence-corrected chi connectivity index (χ4v) is 5.27. The van der Waals surface area contributed by atoms with Crippen molar-refractivity contribution in [1.82, 2.24) is 14.9 Å². The molecule has 0 aliphatic rings. The van der Waals surface area contributed by atoms with Crippen LogP contribution in [0.4, 0.5) is 5.69 Å². The molecule has 1 aromatic heterocycles. The SMILES string of the molecule is COc1ccc(OC)c(N(CC(=O)NCc2ccc(-n3ccnc3C)cc2)S(=O)(=O)c2ccccc2)c1. The minimum Gasteiger partial charge on any atom is -0.497 e. The first-order valence-corrected chi connectivity index (χ1v) is 12.9. The summed E-state index contributed by atoms with van der Waals surface area (Å²) in [5, 5.41) is 2.82. The number of ether oxygens (including phenoxy) is 2. The molecule has 0 saturated heterocycles. The van der Waals surface area contributed by atoms with E-state index in [1.165, 1.54) is 32.4 Å². The smallest absolute Gasteiger partial charge is 0.264 e. The van der Waals surface area contributed by atoms with Crippen molar-refractivity contribution in [2.24, 2.45) is 0 Å². The molecule has 4 aromatic rings. The maximum Gasteiger partial charge on any atom is 0.264 e. The summed E-state index contributed by atoms with van der Waals surface area (Å²) in [6, 6.07) is 20.4. The molecule has 0 atom stereocenters. The van der Waals surface area contributed by atoms with Crippen LogP contribution in [0.2, 0.25) is 0 Å². The Morgan fingerprint density at radius 2 is 1.73 bits per heavy atom. The molecule has 0 fully saturated rings. The molecule has 1 N–H and O–H groups in total. The number of rotatable bonds is 10. The number of carbonyl (C=O) groups is 1. The Bertz CT molecular complexity index is 1470. The summed E-state index contributed by atoms with van der Waals surface area (Å²) in [4.78, 5) is 17.3. The van der Waals surface area contributed by atoms with Gasteiger partial charge < -0.3 is 19.4 Å². The zero-order chi connectivity index (χ0) is 26.4. The van der Waals surface area contributed by atoms with Crippen molar-refractivity contribution in [2.75, 3.05) is 25.1 Å². The van der Waals surface area contributed by atoms with E-state index in [1.54, 1.807) is 36.5 Å². The van der Waals surface area contributed by atoms with Crippen LogP contribution < -0.4 is 19.1 Å². The van der Waals surface area contributed by atoms with Gasteiger partial charge in [0.2, 0.25) is 5.91 Å². The van der Waals surface area contributed by atoms with Crippen molar-refractivity contribution in [3.63, 3.8) is 0 Å². The van der Waals surface area contributed by atoms with E-state index in [-0.39, 0.29) is 17.1 Å². The second kappa shape index (κ2) is 11.2. The molecule has 0 aliphatic carbocycles. The van der Waals surface area contributed by atoms with Gasteiger partial charge in [0, 0.05) is 30.7 Å². The minimum absolute atomic E-state index is 0.0538. The van der Waals surface area contributed by atoms with E-state index in [2.05, 4.69) is 10.3 Å². The molecule has 0 aliphatic heterocycles. The molecule has 0 bridgehead atoms. The molecule has 0 unspecified atom stereocenters. The maximum atomic E-state index is 13.6. The van der Waals surface area contributed by atoms with Gasteiger partial charge in [0.25, 0.3) is 10.0 Å². The highest BCUT2D eigenvalue weighted by atomic mass is 32.2. The molecule has 4 rings (SSSR count). The Morgan fingerprint density at radius 3 is 2.35 bits per heavy atom. The summed E-state index contributed by atoms with van der Waals surface area (Å²) in [6.07, 6.45) is 3.61. The molecule has 37 heavy (non-hydrogen) atoms.